The van der Waals surface area contributed by atoms with Crippen LogP contribution in [-0.2, 0) is 6.42 Å². The fraction of sp³-hybridized carbons (Fsp3) is 0.300. The summed E-state index contributed by atoms with van der Waals surface area (Å²) in [5.41, 5.74) is 1.07. The molecule has 1 N–H and O–H groups in total. The van der Waals surface area contributed by atoms with Crippen LogP contribution in [0.1, 0.15) is 5.56 Å². The molecule has 1 aliphatic rings. The summed E-state index contributed by atoms with van der Waals surface area (Å²) < 4.78 is 13.0. The number of hydrogen-bond donors (Lipinski definition) is 1. The van der Waals surface area contributed by atoms with Gasteiger partial charge in [-0.3, -0.25) is 0 Å². The highest BCUT2D eigenvalue weighted by Gasteiger charge is 2.20. The fourth-order valence-corrected chi connectivity index (χ4v) is 3.17. The van der Waals surface area contributed by atoms with Crippen molar-refractivity contribution in [3.05, 3.63) is 66.4 Å². The number of anilines is 3. The lowest BCUT2D eigenvalue weighted by atomic mass is 10.1. The van der Waals surface area contributed by atoms with Crippen molar-refractivity contribution in [2.75, 3.05) is 47.8 Å². The SMILES string of the molecule is Fc1ccc(CCNc2nccc(N3CCN(c4ncccn4)CC3)n2)cc1. The first-order valence-electron chi connectivity index (χ1n) is 9.36. The Morgan fingerprint density at radius 2 is 1.57 bits per heavy atom. The Morgan fingerprint density at radius 1 is 0.857 bits per heavy atom. The van der Waals surface area contributed by atoms with Gasteiger partial charge in [-0.25, -0.2) is 19.3 Å². The lowest BCUT2D eigenvalue weighted by Crippen LogP contribution is -2.47. The van der Waals surface area contributed by atoms with Gasteiger partial charge in [0.2, 0.25) is 11.9 Å². The normalized spacial score (nSPS) is 14.2. The second kappa shape index (κ2) is 8.60. The van der Waals surface area contributed by atoms with Crippen LogP contribution in [0, 0.1) is 5.82 Å². The third kappa shape index (κ3) is 4.51. The maximum Gasteiger partial charge on any atom is 0.225 e. The second-order valence-electron chi connectivity index (χ2n) is 6.56. The summed E-state index contributed by atoms with van der Waals surface area (Å²) in [5, 5.41) is 3.25. The van der Waals surface area contributed by atoms with Crippen LogP contribution in [0.4, 0.5) is 22.1 Å². The highest BCUT2D eigenvalue weighted by Crippen LogP contribution is 2.17. The van der Waals surface area contributed by atoms with Crippen molar-refractivity contribution in [1.82, 2.24) is 19.9 Å². The monoisotopic (exact) mass is 379 g/mol. The zero-order valence-electron chi connectivity index (χ0n) is 15.5. The van der Waals surface area contributed by atoms with Gasteiger partial charge in [-0.2, -0.15) is 4.98 Å². The first-order valence-corrected chi connectivity index (χ1v) is 9.36. The number of piperazine rings is 1. The molecule has 1 aromatic carbocycles. The molecular weight excluding hydrogens is 357 g/mol. The predicted octanol–water partition coefficient (Wildman–Crippen LogP) is 2.39. The molecule has 1 saturated heterocycles. The highest BCUT2D eigenvalue weighted by atomic mass is 19.1. The van der Waals surface area contributed by atoms with E-state index in [4.69, 9.17) is 0 Å². The van der Waals surface area contributed by atoms with E-state index >= 15 is 0 Å². The zero-order valence-corrected chi connectivity index (χ0v) is 15.5. The third-order valence-corrected chi connectivity index (χ3v) is 4.69. The van der Waals surface area contributed by atoms with Crippen molar-refractivity contribution in [3.8, 4) is 0 Å². The first-order chi connectivity index (χ1) is 13.8. The predicted molar refractivity (Wildman–Crippen MR) is 107 cm³/mol. The lowest BCUT2D eigenvalue weighted by molar-refractivity contribution is 0.627. The van der Waals surface area contributed by atoms with E-state index in [1.165, 1.54) is 12.1 Å². The van der Waals surface area contributed by atoms with E-state index in [1.54, 1.807) is 30.7 Å². The van der Waals surface area contributed by atoms with Crippen molar-refractivity contribution in [2.24, 2.45) is 0 Å². The summed E-state index contributed by atoms with van der Waals surface area (Å²) in [6.45, 7) is 4.09. The van der Waals surface area contributed by atoms with Gasteiger partial charge in [0.15, 0.2) is 0 Å². The van der Waals surface area contributed by atoms with Crippen molar-refractivity contribution >= 4 is 17.7 Å². The molecule has 2 aromatic heterocycles. The van der Waals surface area contributed by atoms with Gasteiger partial charge < -0.3 is 15.1 Å². The zero-order chi connectivity index (χ0) is 19.2. The molecule has 0 amide bonds. The van der Waals surface area contributed by atoms with Crippen molar-refractivity contribution in [1.29, 1.82) is 0 Å². The second-order valence-corrected chi connectivity index (χ2v) is 6.56. The number of aromatic nitrogens is 4. The third-order valence-electron chi connectivity index (χ3n) is 4.69. The van der Waals surface area contributed by atoms with E-state index in [2.05, 4.69) is 35.1 Å². The smallest absolute Gasteiger partial charge is 0.225 e. The Kier molecular flexibility index (Phi) is 5.56. The Bertz CT molecular complexity index is 881. The number of halogens is 1. The number of benzene rings is 1. The van der Waals surface area contributed by atoms with Gasteiger partial charge in [0.25, 0.3) is 0 Å². The van der Waals surface area contributed by atoms with E-state index in [0.717, 1.165) is 49.9 Å². The minimum absolute atomic E-state index is 0.216. The number of nitrogens with one attached hydrogen (secondary N) is 1. The van der Waals surface area contributed by atoms with Crippen molar-refractivity contribution in [2.45, 2.75) is 6.42 Å². The Hall–Kier alpha value is -3.29. The van der Waals surface area contributed by atoms with Crippen molar-refractivity contribution < 1.29 is 4.39 Å². The van der Waals surface area contributed by atoms with Crippen LogP contribution in [0.25, 0.3) is 0 Å². The standard InChI is InChI=1S/C20H22FN7/c21-17-4-2-16(3-5-17)6-10-22-19-23-11-7-18(26-19)27-12-14-28(15-13-27)20-24-8-1-9-25-20/h1-5,7-9,11H,6,10,12-15H2,(H,22,23,26). The molecule has 0 aliphatic carbocycles. The van der Waals surface area contributed by atoms with Gasteiger partial charge in [0.1, 0.15) is 11.6 Å². The fourth-order valence-electron chi connectivity index (χ4n) is 3.17. The Labute approximate surface area is 163 Å². The van der Waals surface area contributed by atoms with Gasteiger partial charge >= 0.3 is 0 Å². The van der Waals surface area contributed by atoms with Gasteiger partial charge in [0, 0.05) is 51.3 Å². The van der Waals surface area contributed by atoms with Crippen LogP contribution in [-0.4, -0.2) is 52.7 Å². The van der Waals surface area contributed by atoms with E-state index in [0.29, 0.717) is 12.5 Å². The molecular formula is C20H22FN7. The summed E-state index contributed by atoms with van der Waals surface area (Å²) in [4.78, 5) is 22.0. The summed E-state index contributed by atoms with van der Waals surface area (Å²) >= 11 is 0. The summed E-state index contributed by atoms with van der Waals surface area (Å²) in [7, 11) is 0. The lowest BCUT2D eigenvalue weighted by Gasteiger charge is -2.35. The number of rotatable bonds is 6. The summed E-state index contributed by atoms with van der Waals surface area (Å²) in [6, 6.07) is 10.3. The number of hydrogen-bond acceptors (Lipinski definition) is 7. The summed E-state index contributed by atoms with van der Waals surface area (Å²) in [5.74, 6) is 2.07. The van der Waals surface area contributed by atoms with Crippen molar-refractivity contribution in [3.63, 3.8) is 0 Å². The molecule has 0 spiro atoms. The molecule has 1 aliphatic heterocycles. The minimum Gasteiger partial charge on any atom is -0.354 e. The molecule has 0 unspecified atom stereocenters. The molecule has 4 rings (SSSR count). The molecule has 0 bridgehead atoms. The first kappa shape index (κ1) is 18.1. The molecule has 0 radical (unpaired) electrons. The van der Waals surface area contributed by atoms with E-state index in [9.17, 15) is 4.39 Å². The van der Waals surface area contributed by atoms with Crippen LogP contribution >= 0.6 is 0 Å². The van der Waals surface area contributed by atoms with Gasteiger partial charge in [-0.05, 0) is 36.2 Å². The van der Waals surface area contributed by atoms with Crippen LogP contribution in [0.2, 0.25) is 0 Å². The average Bonchev–Trinajstić information content (AvgIpc) is 2.76. The highest BCUT2D eigenvalue weighted by molar-refractivity contribution is 5.45. The quantitative estimate of drug-likeness (QED) is 0.705. The van der Waals surface area contributed by atoms with Crippen LogP contribution in [0.3, 0.4) is 0 Å². The molecule has 0 saturated carbocycles. The largest absolute Gasteiger partial charge is 0.354 e. The Morgan fingerprint density at radius 3 is 2.32 bits per heavy atom. The summed E-state index contributed by atoms with van der Waals surface area (Å²) in [6.07, 6.45) is 6.09. The maximum atomic E-state index is 13.0. The molecule has 8 heteroatoms. The van der Waals surface area contributed by atoms with Crippen LogP contribution < -0.4 is 15.1 Å². The van der Waals surface area contributed by atoms with Crippen LogP contribution in [0.15, 0.2) is 55.0 Å². The molecule has 7 nitrogen and oxygen atoms in total. The Balaban J connectivity index is 1.31. The minimum atomic E-state index is -0.216. The van der Waals surface area contributed by atoms with E-state index in [1.807, 2.05) is 12.1 Å². The van der Waals surface area contributed by atoms with E-state index < -0.39 is 0 Å². The van der Waals surface area contributed by atoms with E-state index in [-0.39, 0.29) is 5.82 Å². The average molecular weight is 379 g/mol. The molecule has 0 atom stereocenters. The number of nitrogens with zero attached hydrogens (tertiary/aromatic N) is 6. The molecule has 3 heterocycles. The molecule has 1 fully saturated rings. The molecule has 3 aromatic rings. The molecule has 28 heavy (non-hydrogen) atoms. The van der Waals surface area contributed by atoms with Gasteiger partial charge in [-0.15, -0.1) is 0 Å². The maximum absolute atomic E-state index is 13.0. The topological polar surface area (TPSA) is 70.1 Å². The van der Waals surface area contributed by atoms with Crippen LogP contribution in [0.5, 0.6) is 0 Å². The molecule has 144 valence electrons. The van der Waals surface area contributed by atoms with Gasteiger partial charge in [0.05, 0.1) is 0 Å². The van der Waals surface area contributed by atoms with Gasteiger partial charge in [-0.1, -0.05) is 12.1 Å².